The molecule has 0 aromatic carbocycles. The first-order chi connectivity index (χ1) is 11.1. The van der Waals surface area contributed by atoms with Crippen LogP contribution < -0.4 is 10.6 Å². The Morgan fingerprint density at radius 2 is 2.04 bits per heavy atom. The Bertz CT molecular complexity index is 501. The van der Waals surface area contributed by atoms with Crippen LogP contribution in [0.5, 0.6) is 0 Å². The third-order valence-electron chi connectivity index (χ3n) is 4.26. The van der Waals surface area contributed by atoms with Gasteiger partial charge in [-0.25, -0.2) is 0 Å². The van der Waals surface area contributed by atoms with Crippen LogP contribution >= 0.6 is 24.0 Å². The summed E-state index contributed by atoms with van der Waals surface area (Å²) in [5, 5.41) is 6.83. The molecule has 2 unspecified atom stereocenters. The van der Waals surface area contributed by atoms with Crippen molar-refractivity contribution in [3.63, 3.8) is 0 Å². The van der Waals surface area contributed by atoms with Crippen LogP contribution in [0.25, 0.3) is 0 Å². The standard InChI is InChI=1S/C17H30N4O2.HI/c1-5-13(2)20-17(18-4)19-12-15(16-7-6-14(3)23-16)21-8-10-22-11-9-21;/h6-7,13,15H,5,8-12H2,1-4H3,(H2,18,19,20);1H. The lowest BCUT2D eigenvalue weighted by Crippen LogP contribution is -2.47. The number of hydrogen-bond acceptors (Lipinski definition) is 4. The average molecular weight is 450 g/mol. The Morgan fingerprint density at radius 3 is 2.58 bits per heavy atom. The zero-order valence-corrected chi connectivity index (χ0v) is 17.5. The van der Waals surface area contributed by atoms with Crippen LogP contribution in [0.2, 0.25) is 0 Å². The number of nitrogens with one attached hydrogen (secondary N) is 2. The van der Waals surface area contributed by atoms with Crippen LogP contribution in [-0.4, -0.2) is 56.8 Å². The number of rotatable bonds is 6. The largest absolute Gasteiger partial charge is 0.465 e. The summed E-state index contributed by atoms with van der Waals surface area (Å²) < 4.78 is 11.4. The molecule has 1 aliphatic heterocycles. The minimum atomic E-state index is 0. The van der Waals surface area contributed by atoms with Gasteiger partial charge in [-0.2, -0.15) is 0 Å². The minimum absolute atomic E-state index is 0. The fourth-order valence-corrected chi connectivity index (χ4v) is 2.65. The molecule has 0 saturated carbocycles. The normalized spacial score (nSPS) is 18.6. The van der Waals surface area contributed by atoms with Gasteiger partial charge in [0.2, 0.25) is 0 Å². The molecule has 138 valence electrons. The van der Waals surface area contributed by atoms with Crippen molar-refractivity contribution in [3.05, 3.63) is 23.7 Å². The molecule has 2 rings (SSSR count). The molecule has 1 aliphatic rings. The number of aryl methyl sites for hydroxylation is 1. The topological polar surface area (TPSA) is 62.0 Å². The number of nitrogens with zero attached hydrogens (tertiary/aromatic N) is 2. The molecule has 24 heavy (non-hydrogen) atoms. The molecule has 2 atom stereocenters. The highest BCUT2D eigenvalue weighted by Crippen LogP contribution is 2.23. The molecule has 7 heteroatoms. The van der Waals surface area contributed by atoms with E-state index in [-0.39, 0.29) is 30.0 Å². The predicted molar refractivity (Wildman–Crippen MR) is 108 cm³/mol. The monoisotopic (exact) mass is 450 g/mol. The first-order valence-electron chi connectivity index (χ1n) is 8.49. The lowest BCUT2D eigenvalue weighted by molar-refractivity contribution is 0.0124. The Kier molecular flexibility index (Phi) is 9.68. The zero-order chi connectivity index (χ0) is 16.7. The van der Waals surface area contributed by atoms with Gasteiger partial charge in [0.05, 0.1) is 19.3 Å². The summed E-state index contributed by atoms with van der Waals surface area (Å²) in [6.07, 6.45) is 1.06. The highest BCUT2D eigenvalue weighted by molar-refractivity contribution is 14.0. The van der Waals surface area contributed by atoms with Crippen LogP contribution in [-0.2, 0) is 4.74 Å². The molecule has 0 aliphatic carbocycles. The van der Waals surface area contributed by atoms with Crippen LogP contribution in [0.15, 0.2) is 21.5 Å². The van der Waals surface area contributed by atoms with E-state index in [4.69, 9.17) is 9.15 Å². The van der Waals surface area contributed by atoms with Crippen molar-refractivity contribution in [3.8, 4) is 0 Å². The lowest BCUT2D eigenvalue weighted by atomic mass is 10.1. The highest BCUT2D eigenvalue weighted by atomic mass is 127. The van der Waals surface area contributed by atoms with Gasteiger partial charge in [-0.1, -0.05) is 6.92 Å². The van der Waals surface area contributed by atoms with E-state index in [0.717, 1.165) is 56.7 Å². The molecule has 0 spiro atoms. The Balaban J connectivity index is 0.00000288. The number of morpholine rings is 1. The number of halogens is 1. The summed E-state index contributed by atoms with van der Waals surface area (Å²) >= 11 is 0. The molecule has 0 bridgehead atoms. The van der Waals surface area contributed by atoms with Gasteiger partial charge in [0.25, 0.3) is 0 Å². The van der Waals surface area contributed by atoms with Gasteiger partial charge in [0.1, 0.15) is 11.5 Å². The van der Waals surface area contributed by atoms with E-state index in [1.165, 1.54) is 0 Å². The maximum Gasteiger partial charge on any atom is 0.191 e. The van der Waals surface area contributed by atoms with E-state index in [1.54, 1.807) is 7.05 Å². The Labute approximate surface area is 162 Å². The van der Waals surface area contributed by atoms with Gasteiger partial charge in [0, 0.05) is 32.7 Å². The van der Waals surface area contributed by atoms with Crippen LogP contribution in [0.3, 0.4) is 0 Å². The molecule has 1 aromatic rings. The number of ether oxygens (including phenoxy) is 1. The van der Waals surface area contributed by atoms with Gasteiger partial charge < -0.3 is 19.8 Å². The third-order valence-corrected chi connectivity index (χ3v) is 4.26. The second-order valence-electron chi connectivity index (χ2n) is 6.02. The first kappa shape index (κ1) is 21.2. The Hall–Kier alpha value is -0.800. The van der Waals surface area contributed by atoms with Gasteiger partial charge in [-0.15, -0.1) is 24.0 Å². The fourth-order valence-electron chi connectivity index (χ4n) is 2.65. The molecule has 6 nitrogen and oxygen atoms in total. The molecule has 2 N–H and O–H groups in total. The molecule has 0 amide bonds. The summed E-state index contributed by atoms with van der Waals surface area (Å²) in [5.41, 5.74) is 0. The van der Waals surface area contributed by atoms with Crippen molar-refractivity contribution in [1.29, 1.82) is 0 Å². The lowest BCUT2D eigenvalue weighted by Gasteiger charge is -2.33. The van der Waals surface area contributed by atoms with Crippen molar-refractivity contribution in [2.75, 3.05) is 39.9 Å². The first-order valence-corrected chi connectivity index (χ1v) is 8.49. The van der Waals surface area contributed by atoms with E-state index in [9.17, 15) is 0 Å². The van der Waals surface area contributed by atoms with Crippen molar-refractivity contribution in [2.45, 2.75) is 39.3 Å². The molecule has 0 radical (unpaired) electrons. The minimum Gasteiger partial charge on any atom is -0.465 e. The Morgan fingerprint density at radius 1 is 1.33 bits per heavy atom. The smallest absolute Gasteiger partial charge is 0.191 e. The van der Waals surface area contributed by atoms with Gasteiger partial charge in [0.15, 0.2) is 5.96 Å². The number of furan rings is 1. The van der Waals surface area contributed by atoms with Crippen molar-refractivity contribution in [2.24, 2.45) is 4.99 Å². The summed E-state index contributed by atoms with van der Waals surface area (Å²) in [7, 11) is 1.80. The maximum absolute atomic E-state index is 5.88. The van der Waals surface area contributed by atoms with Gasteiger partial charge in [-0.05, 0) is 32.4 Å². The molecule has 2 heterocycles. The highest BCUT2D eigenvalue weighted by Gasteiger charge is 2.25. The number of hydrogen-bond donors (Lipinski definition) is 2. The number of guanidine groups is 1. The average Bonchev–Trinajstić information content (AvgIpc) is 3.00. The van der Waals surface area contributed by atoms with E-state index >= 15 is 0 Å². The summed E-state index contributed by atoms with van der Waals surface area (Å²) in [4.78, 5) is 6.72. The van der Waals surface area contributed by atoms with Gasteiger partial charge >= 0.3 is 0 Å². The van der Waals surface area contributed by atoms with E-state index < -0.39 is 0 Å². The third kappa shape index (κ3) is 6.25. The number of aliphatic imine (C=N–C) groups is 1. The van der Waals surface area contributed by atoms with Gasteiger partial charge in [-0.3, -0.25) is 9.89 Å². The summed E-state index contributed by atoms with van der Waals surface area (Å²) in [6, 6.07) is 4.67. The molecular weight excluding hydrogens is 419 g/mol. The van der Waals surface area contributed by atoms with Crippen LogP contribution in [0.1, 0.15) is 37.8 Å². The summed E-state index contributed by atoms with van der Waals surface area (Å²) in [5.74, 6) is 2.78. The molecule has 1 aromatic heterocycles. The molecule has 1 fully saturated rings. The summed E-state index contributed by atoms with van der Waals surface area (Å²) in [6.45, 7) is 10.4. The predicted octanol–water partition coefficient (Wildman–Crippen LogP) is 2.54. The van der Waals surface area contributed by atoms with E-state index in [1.807, 2.05) is 13.0 Å². The molecular formula is C17H31IN4O2. The SMILES string of the molecule is CCC(C)NC(=NC)NCC(c1ccc(C)o1)N1CCOCC1.I. The van der Waals surface area contributed by atoms with Crippen molar-refractivity contribution in [1.82, 2.24) is 15.5 Å². The second kappa shape index (κ2) is 10.9. The van der Waals surface area contributed by atoms with Crippen LogP contribution in [0.4, 0.5) is 0 Å². The maximum atomic E-state index is 5.88. The quantitative estimate of drug-likeness (QED) is 0.397. The fraction of sp³-hybridized carbons (Fsp3) is 0.706. The van der Waals surface area contributed by atoms with Crippen molar-refractivity contribution >= 4 is 29.9 Å². The van der Waals surface area contributed by atoms with E-state index in [2.05, 4.69) is 40.4 Å². The van der Waals surface area contributed by atoms with E-state index in [0.29, 0.717) is 6.04 Å². The molecule has 1 saturated heterocycles. The second-order valence-corrected chi connectivity index (χ2v) is 6.02. The van der Waals surface area contributed by atoms with Crippen LogP contribution in [0, 0.1) is 6.92 Å². The van der Waals surface area contributed by atoms with Crippen molar-refractivity contribution < 1.29 is 9.15 Å². The zero-order valence-electron chi connectivity index (χ0n) is 15.2.